The van der Waals surface area contributed by atoms with Gasteiger partial charge in [-0.25, -0.2) is 0 Å². The lowest BCUT2D eigenvalue weighted by Gasteiger charge is -2.21. The summed E-state index contributed by atoms with van der Waals surface area (Å²) in [7, 11) is 0. The van der Waals surface area contributed by atoms with E-state index in [0.717, 1.165) is 18.2 Å². The summed E-state index contributed by atoms with van der Waals surface area (Å²) in [5.74, 6) is 0.419. The quantitative estimate of drug-likeness (QED) is 0.899. The smallest absolute Gasteiger partial charge is 0.287 e. The summed E-state index contributed by atoms with van der Waals surface area (Å²) in [6.07, 6.45) is 2.58. The lowest BCUT2D eigenvalue weighted by molar-refractivity contribution is -0.120. The molecule has 1 aliphatic rings. The topological polar surface area (TPSA) is 59.3 Å². The minimum atomic E-state index is -0.199. The average molecular weight is 257 g/mol. The molecule has 4 nitrogen and oxygen atoms in total. The molecule has 4 heteroatoms. The third-order valence-electron chi connectivity index (χ3n) is 3.53. The Morgan fingerprint density at radius 1 is 1.21 bits per heavy atom. The first-order chi connectivity index (χ1) is 9.22. The molecule has 0 saturated heterocycles. The highest BCUT2D eigenvalue weighted by Gasteiger charge is 2.22. The van der Waals surface area contributed by atoms with E-state index in [1.807, 2.05) is 24.3 Å². The number of rotatable bonds is 2. The molecule has 0 radical (unpaired) electrons. The van der Waals surface area contributed by atoms with Crippen molar-refractivity contribution in [3.05, 3.63) is 36.1 Å². The van der Waals surface area contributed by atoms with Gasteiger partial charge in [-0.3, -0.25) is 9.59 Å². The molecule has 1 N–H and O–H groups in total. The van der Waals surface area contributed by atoms with Crippen LogP contribution in [0, 0.1) is 0 Å². The Morgan fingerprint density at radius 2 is 1.95 bits per heavy atom. The van der Waals surface area contributed by atoms with Crippen LogP contribution in [0.1, 0.15) is 36.2 Å². The fourth-order valence-electron chi connectivity index (χ4n) is 2.43. The second-order valence-corrected chi connectivity index (χ2v) is 4.93. The number of para-hydroxylation sites is 1. The number of amides is 1. The number of nitrogens with one attached hydrogen (secondary N) is 1. The van der Waals surface area contributed by atoms with E-state index in [1.54, 1.807) is 6.07 Å². The van der Waals surface area contributed by atoms with Crippen LogP contribution < -0.4 is 5.32 Å². The van der Waals surface area contributed by atoms with Gasteiger partial charge in [-0.2, -0.15) is 0 Å². The molecular weight excluding hydrogens is 242 g/mol. The molecule has 0 spiro atoms. The lowest BCUT2D eigenvalue weighted by Crippen LogP contribution is -2.37. The second kappa shape index (κ2) is 4.88. The van der Waals surface area contributed by atoms with Crippen molar-refractivity contribution in [2.45, 2.75) is 31.7 Å². The number of carbonyl (C=O) groups is 2. The Morgan fingerprint density at radius 3 is 2.68 bits per heavy atom. The lowest BCUT2D eigenvalue weighted by atomic mass is 9.94. The molecule has 3 rings (SSSR count). The summed E-state index contributed by atoms with van der Waals surface area (Å²) in [5.41, 5.74) is 0.714. The van der Waals surface area contributed by atoms with E-state index in [-0.39, 0.29) is 17.7 Å². The standard InChI is InChI=1S/C15H15NO3/c17-12-7-5-11(6-8-12)16-15(18)14-9-10-3-1-2-4-13(10)19-14/h1-4,9,11H,5-8H2,(H,16,18). The van der Waals surface area contributed by atoms with Gasteiger partial charge in [-0.05, 0) is 25.0 Å². The summed E-state index contributed by atoms with van der Waals surface area (Å²) in [6.45, 7) is 0. The number of fused-ring (bicyclic) bond motifs is 1. The van der Waals surface area contributed by atoms with Crippen LogP contribution in [0.25, 0.3) is 11.0 Å². The number of Topliss-reactive ketones (excluding diaryl/α,β-unsaturated/α-hetero) is 1. The molecule has 1 saturated carbocycles. The van der Waals surface area contributed by atoms with Gasteiger partial charge in [0.15, 0.2) is 5.76 Å². The zero-order chi connectivity index (χ0) is 13.2. The molecule has 0 atom stereocenters. The number of hydrogen-bond acceptors (Lipinski definition) is 3. The second-order valence-electron chi connectivity index (χ2n) is 4.93. The molecule has 1 aromatic carbocycles. The molecule has 1 amide bonds. The molecule has 1 fully saturated rings. The van der Waals surface area contributed by atoms with Crippen LogP contribution in [-0.4, -0.2) is 17.7 Å². The third-order valence-corrected chi connectivity index (χ3v) is 3.53. The maximum Gasteiger partial charge on any atom is 0.287 e. The number of benzene rings is 1. The van der Waals surface area contributed by atoms with Crippen LogP contribution in [0.2, 0.25) is 0 Å². The number of ketones is 1. The molecule has 0 bridgehead atoms. The molecular formula is C15H15NO3. The van der Waals surface area contributed by atoms with E-state index in [2.05, 4.69) is 5.32 Å². The first-order valence-electron chi connectivity index (χ1n) is 6.53. The molecule has 0 unspecified atom stereocenters. The summed E-state index contributed by atoms with van der Waals surface area (Å²) in [4.78, 5) is 23.2. The number of carbonyl (C=O) groups excluding carboxylic acids is 2. The summed E-state index contributed by atoms with van der Waals surface area (Å²) >= 11 is 0. The predicted octanol–water partition coefficient (Wildman–Crippen LogP) is 2.67. The van der Waals surface area contributed by atoms with Crippen molar-refractivity contribution in [3.8, 4) is 0 Å². The largest absolute Gasteiger partial charge is 0.451 e. The van der Waals surface area contributed by atoms with Gasteiger partial charge in [0.05, 0.1) is 0 Å². The van der Waals surface area contributed by atoms with Crippen molar-refractivity contribution >= 4 is 22.7 Å². The van der Waals surface area contributed by atoms with Gasteiger partial charge < -0.3 is 9.73 Å². The zero-order valence-corrected chi connectivity index (χ0v) is 10.5. The van der Waals surface area contributed by atoms with Crippen LogP contribution in [0.15, 0.2) is 34.7 Å². The minimum absolute atomic E-state index is 0.0819. The van der Waals surface area contributed by atoms with Crippen molar-refractivity contribution in [2.24, 2.45) is 0 Å². The monoisotopic (exact) mass is 257 g/mol. The Kier molecular flexibility index (Phi) is 3.07. The van der Waals surface area contributed by atoms with E-state index in [0.29, 0.717) is 24.2 Å². The molecule has 0 aliphatic heterocycles. The van der Waals surface area contributed by atoms with Gasteiger partial charge in [-0.15, -0.1) is 0 Å². The molecule has 2 aromatic rings. The SMILES string of the molecule is O=C1CCC(NC(=O)c2cc3ccccc3o2)CC1. The minimum Gasteiger partial charge on any atom is -0.451 e. The van der Waals surface area contributed by atoms with Crippen LogP contribution in [0.4, 0.5) is 0 Å². The highest BCUT2D eigenvalue weighted by atomic mass is 16.3. The van der Waals surface area contributed by atoms with Crippen LogP contribution >= 0.6 is 0 Å². The van der Waals surface area contributed by atoms with Gasteiger partial charge in [0.1, 0.15) is 11.4 Å². The summed E-state index contributed by atoms with van der Waals surface area (Å²) in [5, 5.41) is 3.85. The number of hydrogen-bond donors (Lipinski definition) is 1. The van der Waals surface area contributed by atoms with Gasteiger partial charge in [-0.1, -0.05) is 18.2 Å². The molecule has 98 valence electrons. The third kappa shape index (κ3) is 2.52. The van der Waals surface area contributed by atoms with E-state index in [4.69, 9.17) is 4.42 Å². The Balaban J connectivity index is 1.71. The van der Waals surface area contributed by atoms with Crippen molar-refractivity contribution in [1.82, 2.24) is 5.32 Å². The Bertz CT molecular complexity index is 586. The van der Waals surface area contributed by atoms with E-state index in [9.17, 15) is 9.59 Å². The van der Waals surface area contributed by atoms with Gasteiger partial charge in [0.2, 0.25) is 0 Å². The highest BCUT2D eigenvalue weighted by Crippen LogP contribution is 2.20. The average Bonchev–Trinajstić information content (AvgIpc) is 2.85. The van der Waals surface area contributed by atoms with Crippen molar-refractivity contribution in [3.63, 3.8) is 0 Å². The van der Waals surface area contributed by atoms with Crippen LogP contribution in [0.3, 0.4) is 0 Å². The summed E-state index contributed by atoms with van der Waals surface area (Å²) < 4.78 is 5.51. The fraction of sp³-hybridized carbons (Fsp3) is 0.333. The Hall–Kier alpha value is -2.10. The van der Waals surface area contributed by atoms with Gasteiger partial charge in [0, 0.05) is 24.3 Å². The maximum absolute atomic E-state index is 12.1. The van der Waals surface area contributed by atoms with Crippen molar-refractivity contribution in [1.29, 1.82) is 0 Å². The first kappa shape index (κ1) is 12.0. The van der Waals surface area contributed by atoms with Crippen LogP contribution in [0.5, 0.6) is 0 Å². The highest BCUT2D eigenvalue weighted by molar-refractivity contribution is 5.96. The predicted molar refractivity (Wildman–Crippen MR) is 70.9 cm³/mol. The Labute approximate surface area is 110 Å². The van der Waals surface area contributed by atoms with Crippen molar-refractivity contribution < 1.29 is 14.0 Å². The van der Waals surface area contributed by atoms with Crippen molar-refractivity contribution in [2.75, 3.05) is 0 Å². The molecule has 1 aliphatic carbocycles. The zero-order valence-electron chi connectivity index (χ0n) is 10.5. The molecule has 1 heterocycles. The van der Waals surface area contributed by atoms with Crippen LogP contribution in [-0.2, 0) is 4.79 Å². The molecule has 19 heavy (non-hydrogen) atoms. The van der Waals surface area contributed by atoms with E-state index < -0.39 is 0 Å². The maximum atomic E-state index is 12.1. The molecule has 1 aromatic heterocycles. The van der Waals surface area contributed by atoms with Gasteiger partial charge in [0.25, 0.3) is 5.91 Å². The fourth-order valence-corrected chi connectivity index (χ4v) is 2.43. The van der Waals surface area contributed by atoms with E-state index in [1.165, 1.54) is 0 Å². The first-order valence-corrected chi connectivity index (χ1v) is 6.53. The van der Waals surface area contributed by atoms with Gasteiger partial charge >= 0.3 is 0 Å². The summed E-state index contributed by atoms with van der Waals surface area (Å²) in [6, 6.07) is 9.37. The van der Waals surface area contributed by atoms with E-state index >= 15 is 0 Å². The number of furan rings is 1. The normalized spacial score (nSPS) is 16.7.